The Kier molecular flexibility index (Phi) is 3.07. The molecule has 0 spiro atoms. The van der Waals surface area contributed by atoms with Crippen LogP contribution in [-0.2, 0) is 9.78 Å². The molecule has 114 valence electrons. The summed E-state index contributed by atoms with van der Waals surface area (Å²) in [6, 6.07) is 1.98. The molecule has 0 aliphatic carbocycles. The van der Waals surface area contributed by atoms with E-state index in [1.165, 1.54) is 6.92 Å². The fraction of sp³-hybridized carbons (Fsp3) is 0.400. The minimum absolute atomic E-state index is 0.0117. The van der Waals surface area contributed by atoms with Crippen molar-refractivity contribution in [2.75, 3.05) is 0 Å². The van der Waals surface area contributed by atoms with E-state index >= 15 is 0 Å². The van der Waals surface area contributed by atoms with Crippen LogP contribution in [0.3, 0.4) is 0 Å². The van der Waals surface area contributed by atoms with Crippen LogP contribution in [0.2, 0.25) is 0 Å². The zero-order valence-corrected chi connectivity index (χ0v) is 10.4. The number of halogens is 8. The Balaban J connectivity index is 2.85. The Morgan fingerprint density at radius 2 is 1.50 bits per heavy atom. The minimum atomic E-state index is -6.05. The molecule has 0 fully saturated rings. The molecule has 10 heteroatoms. The maximum atomic E-state index is 13.5. The molecule has 20 heavy (non-hydrogen) atoms. The molecule has 2 rings (SSSR count). The van der Waals surface area contributed by atoms with Gasteiger partial charge in [0.2, 0.25) is 11.1 Å². The van der Waals surface area contributed by atoms with E-state index in [1.807, 2.05) is 0 Å². The summed E-state index contributed by atoms with van der Waals surface area (Å²) in [4.78, 5) is -1.35. The fourth-order valence-electron chi connectivity index (χ4n) is 1.93. The van der Waals surface area contributed by atoms with Crippen molar-refractivity contribution in [2.45, 2.75) is 29.8 Å². The van der Waals surface area contributed by atoms with Crippen molar-refractivity contribution in [1.82, 2.24) is 0 Å². The highest BCUT2D eigenvalue weighted by molar-refractivity contribution is 8.21. The highest BCUT2D eigenvalue weighted by atomic mass is 32.3. The number of fused-ring (bicyclic) bond motifs is 1. The molecule has 0 bridgehead atoms. The number of hydrogen-bond acceptors (Lipinski definition) is 1. The number of aryl methyl sites for hydroxylation is 1. The van der Waals surface area contributed by atoms with Gasteiger partial charge in [-0.1, -0.05) is 17.7 Å². The molecular formula is C10H6F8OS. The van der Waals surface area contributed by atoms with Gasteiger partial charge in [-0.15, -0.1) is 7.77 Å². The second kappa shape index (κ2) is 4.00. The molecule has 0 N–H and O–H groups in total. The highest BCUT2D eigenvalue weighted by Crippen LogP contribution is 2.75. The lowest BCUT2D eigenvalue weighted by atomic mass is 9.91. The van der Waals surface area contributed by atoms with Gasteiger partial charge in [0, 0.05) is 5.56 Å². The maximum absolute atomic E-state index is 13.5. The molecule has 0 unspecified atom stereocenters. The van der Waals surface area contributed by atoms with Crippen molar-refractivity contribution in [2.24, 2.45) is 0 Å². The molecule has 0 amide bonds. The fourth-order valence-corrected chi connectivity index (χ4v) is 3.30. The Labute approximate surface area is 109 Å². The second-order valence-corrected chi connectivity index (χ2v) is 5.63. The van der Waals surface area contributed by atoms with Gasteiger partial charge in [-0.05, 0) is 13.0 Å². The molecule has 0 radical (unpaired) electrons. The van der Waals surface area contributed by atoms with E-state index in [0.29, 0.717) is 12.1 Å². The average molecular weight is 326 g/mol. The van der Waals surface area contributed by atoms with Crippen molar-refractivity contribution < 1.29 is 38.3 Å². The van der Waals surface area contributed by atoms with Crippen molar-refractivity contribution in [3.63, 3.8) is 0 Å². The van der Waals surface area contributed by atoms with Crippen molar-refractivity contribution >= 4 is 11.1 Å². The van der Waals surface area contributed by atoms with Crippen LogP contribution in [0.1, 0.15) is 11.1 Å². The highest BCUT2D eigenvalue weighted by Gasteiger charge is 2.79. The molecule has 0 saturated heterocycles. The monoisotopic (exact) mass is 326 g/mol. The van der Waals surface area contributed by atoms with Crippen LogP contribution in [0.5, 0.6) is 0 Å². The molecular weight excluding hydrogens is 320 g/mol. The van der Waals surface area contributed by atoms with Gasteiger partial charge in [-0.2, -0.15) is 26.3 Å². The summed E-state index contributed by atoms with van der Waals surface area (Å²) >= 11 is -5.64. The molecule has 1 aliphatic rings. The van der Waals surface area contributed by atoms with Crippen LogP contribution in [0.4, 0.5) is 34.1 Å². The first kappa shape index (κ1) is 15.4. The molecule has 0 atom stereocenters. The van der Waals surface area contributed by atoms with Gasteiger partial charge < -0.3 is 0 Å². The van der Waals surface area contributed by atoms with Gasteiger partial charge in [-0.3, -0.25) is 4.18 Å². The average Bonchev–Trinajstić information content (AvgIpc) is 2.46. The Morgan fingerprint density at radius 1 is 1.00 bits per heavy atom. The van der Waals surface area contributed by atoms with Crippen LogP contribution < -0.4 is 0 Å². The smallest absolute Gasteiger partial charge is 0.251 e. The van der Waals surface area contributed by atoms with E-state index in [1.54, 1.807) is 0 Å². The van der Waals surface area contributed by atoms with Gasteiger partial charge >= 0.3 is 18.0 Å². The Morgan fingerprint density at radius 3 is 1.95 bits per heavy atom. The standard InChI is InChI=1S/C10H6F8OS/c1-5-2-3-7-6(4-5)8(9(11,12)13,10(14,15)16)19-20(7,17)18/h2-4H,1H3. The second-order valence-electron chi connectivity index (χ2n) is 4.18. The lowest BCUT2D eigenvalue weighted by Gasteiger charge is -2.33. The van der Waals surface area contributed by atoms with Gasteiger partial charge in [0.15, 0.2) is 0 Å². The van der Waals surface area contributed by atoms with Crippen molar-refractivity contribution in [3.8, 4) is 0 Å². The number of rotatable bonds is 0. The molecule has 1 aromatic rings. The number of hydrogen-bond donors (Lipinski definition) is 0. The molecule has 1 aromatic carbocycles. The first-order valence-corrected chi connectivity index (χ1v) is 6.36. The topological polar surface area (TPSA) is 9.23 Å². The predicted molar refractivity (Wildman–Crippen MR) is 54.1 cm³/mol. The zero-order chi connectivity index (χ0) is 15.6. The summed E-state index contributed by atoms with van der Waals surface area (Å²) in [6.07, 6.45) is -12.1. The van der Waals surface area contributed by atoms with Gasteiger partial charge in [-0.25, -0.2) is 0 Å². The molecule has 0 aromatic heterocycles. The SMILES string of the molecule is Cc1ccc2c(c1)C(C(F)(F)F)(C(F)(F)F)OS2(F)F. The van der Waals surface area contributed by atoms with Crippen LogP contribution in [0.15, 0.2) is 23.1 Å². The third-order valence-corrected chi connectivity index (χ3v) is 4.13. The van der Waals surface area contributed by atoms with Gasteiger partial charge in [0.25, 0.3) is 0 Å². The summed E-state index contributed by atoms with van der Waals surface area (Å²) < 4.78 is 108. The summed E-state index contributed by atoms with van der Waals surface area (Å²) in [6.45, 7) is 1.20. The van der Waals surface area contributed by atoms with Crippen LogP contribution in [-0.4, -0.2) is 12.4 Å². The van der Waals surface area contributed by atoms with Crippen LogP contribution in [0.25, 0.3) is 0 Å². The molecule has 1 nitrogen and oxygen atoms in total. The third-order valence-electron chi connectivity index (χ3n) is 2.80. The van der Waals surface area contributed by atoms with Crippen molar-refractivity contribution in [3.05, 3.63) is 29.3 Å². The van der Waals surface area contributed by atoms with Gasteiger partial charge in [0.1, 0.15) is 0 Å². The van der Waals surface area contributed by atoms with Crippen LogP contribution >= 0.6 is 11.1 Å². The number of benzene rings is 1. The predicted octanol–water partition coefficient (Wildman–Crippen LogP) is 5.19. The Bertz CT molecular complexity index is 533. The van der Waals surface area contributed by atoms with E-state index in [2.05, 4.69) is 4.18 Å². The van der Waals surface area contributed by atoms with E-state index in [-0.39, 0.29) is 5.56 Å². The van der Waals surface area contributed by atoms with E-state index in [9.17, 15) is 34.1 Å². The largest absolute Gasteiger partial charge is 0.432 e. The van der Waals surface area contributed by atoms with E-state index < -0.39 is 39.5 Å². The van der Waals surface area contributed by atoms with E-state index in [0.717, 1.165) is 6.07 Å². The zero-order valence-electron chi connectivity index (χ0n) is 9.57. The summed E-state index contributed by atoms with van der Waals surface area (Å²) in [7, 11) is 0. The van der Waals surface area contributed by atoms with Gasteiger partial charge in [0.05, 0.1) is 4.90 Å². The number of alkyl halides is 6. The van der Waals surface area contributed by atoms with E-state index in [4.69, 9.17) is 0 Å². The molecule has 1 aliphatic heterocycles. The first-order chi connectivity index (χ1) is 8.83. The quantitative estimate of drug-likeness (QED) is 0.596. The Hall–Kier alpha value is -1.03. The van der Waals surface area contributed by atoms with Crippen molar-refractivity contribution in [1.29, 1.82) is 0 Å². The third kappa shape index (κ3) is 1.88. The normalized spacial score (nSPS) is 22.4. The summed E-state index contributed by atoms with van der Waals surface area (Å²) in [5.41, 5.74) is -6.58. The molecule has 1 heterocycles. The molecule has 0 saturated carbocycles. The lowest BCUT2D eigenvalue weighted by molar-refractivity contribution is -0.362. The summed E-state index contributed by atoms with van der Waals surface area (Å²) in [5, 5.41) is 0. The summed E-state index contributed by atoms with van der Waals surface area (Å²) in [5.74, 6) is 0. The lowest BCUT2D eigenvalue weighted by Crippen LogP contribution is -2.53. The van der Waals surface area contributed by atoms with Crippen LogP contribution in [0, 0.1) is 6.92 Å². The first-order valence-electron chi connectivity index (χ1n) is 5.01. The minimum Gasteiger partial charge on any atom is -0.251 e. The maximum Gasteiger partial charge on any atom is 0.432 e.